The van der Waals surface area contributed by atoms with Gasteiger partial charge in [0.05, 0.1) is 0 Å². The molecule has 0 aliphatic carbocycles. The molecule has 1 N–H and O–H groups in total. The van der Waals surface area contributed by atoms with Crippen molar-refractivity contribution >= 4 is 37.4 Å². The topological polar surface area (TPSA) is 74.2 Å². The van der Waals surface area contributed by atoms with Gasteiger partial charge in [-0.05, 0) is 0 Å². The molecule has 9 heteroatoms. The summed E-state index contributed by atoms with van der Waals surface area (Å²) in [4.78, 5) is 14.9. The van der Waals surface area contributed by atoms with Crippen LogP contribution in [0, 0.1) is 0 Å². The number of hydrogen-bond donors (Lipinski definition) is 1. The minimum absolute atomic E-state index is 0.195. The summed E-state index contributed by atoms with van der Waals surface area (Å²) in [6, 6.07) is 0. The first-order chi connectivity index (χ1) is 5.13. The van der Waals surface area contributed by atoms with Crippen molar-refractivity contribution in [3.8, 4) is 0 Å². The lowest BCUT2D eigenvalue weighted by Crippen LogP contribution is -2.46. The molecule has 0 aliphatic rings. The largest absolute Gasteiger partial charge is 0.475 e. The van der Waals surface area contributed by atoms with Crippen molar-refractivity contribution in [1.82, 2.24) is 0 Å². The second-order valence-corrected chi connectivity index (χ2v) is 2.67. The van der Waals surface area contributed by atoms with E-state index in [4.69, 9.17) is 5.11 Å². The fourth-order valence-electron chi connectivity index (χ4n) is 0.471. The van der Waals surface area contributed by atoms with Gasteiger partial charge in [0.15, 0.2) is 31.5 Å². The van der Waals surface area contributed by atoms with Crippen LogP contribution in [0.1, 0.15) is 0 Å². The Labute approximate surface area is 72.3 Å². The minimum Gasteiger partial charge on any atom is -0.475 e. The lowest BCUT2D eigenvalue weighted by Gasteiger charge is -2.24. The fraction of sp³-hybridized carbons (Fsp3) is 0.500. The van der Waals surface area contributed by atoms with Gasteiger partial charge in [-0.15, -0.1) is 0 Å². The Bertz CT molecular complexity index is 134. The van der Waals surface area contributed by atoms with Crippen molar-refractivity contribution in [1.29, 1.82) is 0 Å². The van der Waals surface area contributed by atoms with Crippen LogP contribution in [0.3, 0.4) is 0 Å². The van der Waals surface area contributed by atoms with Gasteiger partial charge in [0.25, 0.3) is 0 Å². The molecule has 0 amide bonds. The molecule has 0 bridgehead atoms. The van der Waals surface area contributed by atoms with Crippen LogP contribution in [-0.2, 0) is 23.1 Å². The Morgan fingerprint density at radius 3 is 1.82 bits per heavy atom. The van der Waals surface area contributed by atoms with Crippen LogP contribution >= 0.6 is 0 Å². The van der Waals surface area contributed by atoms with Crippen molar-refractivity contribution < 1.29 is 28.2 Å². The highest BCUT2D eigenvalue weighted by Crippen LogP contribution is 2.12. The summed E-state index contributed by atoms with van der Waals surface area (Å²) in [7, 11) is 0.649. The van der Waals surface area contributed by atoms with Crippen LogP contribution in [0.25, 0.3) is 0 Å². The van der Waals surface area contributed by atoms with E-state index in [-0.39, 0.29) is 31.5 Å². The molecule has 0 heterocycles. The van der Waals surface area contributed by atoms with E-state index in [2.05, 4.69) is 18.3 Å². The van der Waals surface area contributed by atoms with Crippen LogP contribution in [0.2, 0.25) is 0 Å². The summed E-state index contributed by atoms with van der Waals surface area (Å²) in [5, 5.41) is 8.56. The molecule has 0 saturated heterocycles. The van der Waals surface area contributed by atoms with Gasteiger partial charge in [0, 0.05) is 0 Å². The van der Waals surface area contributed by atoms with E-state index < -0.39 is 11.9 Å². The van der Waals surface area contributed by atoms with Gasteiger partial charge in [-0.25, -0.2) is 4.79 Å². The molecular weight excluding hydrogens is 204 g/mol. The number of aliphatic carboxylic acids is 1. The van der Waals surface area contributed by atoms with Crippen molar-refractivity contribution in [3.05, 3.63) is 0 Å². The maximum absolute atomic E-state index is 10.5. The first-order valence-corrected chi connectivity index (χ1v) is 5.13. The molecule has 0 unspecified atom stereocenters. The Morgan fingerprint density at radius 1 is 1.27 bits per heavy atom. The third kappa shape index (κ3) is 2.48. The molecule has 0 aromatic rings. The molecule has 0 atom stereocenters. The van der Waals surface area contributed by atoms with Gasteiger partial charge in [-0.1, -0.05) is 0 Å². The third-order valence-corrected chi connectivity index (χ3v) is 2.23. The highest BCUT2D eigenvalue weighted by molar-refractivity contribution is 6.02. The lowest BCUT2D eigenvalue weighted by atomic mass is 10.6. The highest BCUT2D eigenvalue weighted by atomic mass is 28.2. The number of hydrogen-bond acceptors (Lipinski definition) is 5. The third-order valence-electron chi connectivity index (χ3n) is 0.992. The lowest BCUT2D eigenvalue weighted by molar-refractivity contribution is -0.409. The monoisotopic (exact) mass is 214 g/mol. The van der Waals surface area contributed by atoms with Gasteiger partial charge in [0.2, 0.25) is 0 Å². The molecule has 6 nitrogen and oxygen atoms in total. The fourth-order valence-corrected chi connectivity index (χ4v) is 1.84. The van der Waals surface area contributed by atoms with Crippen molar-refractivity contribution in [2.45, 2.75) is 5.97 Å². The maximum atomic E-state index is 10.5. The number of carboxylic acid groups (broad SMARTS) is 1. The predicted molar refractivity (Wildman–Crippen MR) is 44.5 cm³/mol. The summed E-state index contributed by atoms with van der Waals surface area (Å²) in [6.07, 6.45) is 0. The average Bonchev–Trinajstić information content (AvgIpc) is 2.00. The van der Waals surface area contributed by atoms with Crippen LogP contribution in [0.4, 0.5) is 0 Å². The normalized spacial score (nSPS) is 16.7. The molecule has 11 heavy (non-hydrogen) atoms. The molecule has 0 fully saturated rings. The van der Waals surface area contributed by atoms with Crippen LogP contribution in [0.15, 0.2) is 0 Å². The first-order valence-electron chi connectivity index (χ1n) is 2.68. The van der Waals surface area contributed by atoms with Gasteiger partial charge < -0.3 is 14.0 Å². The molecule has 0 radical (unpaired) electrons. The van der Waals surface area contributed by atoms with E-state index in [1.807, 2.05) is 0 Å². The van der Waals surface area contributed by atoms with E-state index in [0.717, 1.165) is 0 Å². The minimum atomic E-state index is -2.01. The van der Waals surface area contributed by atoms with Crippen molar-refractivity contribution in [2.24, 2.45) is 0 Å². The second-order valence-electron chi connectivity index (χ2n) is 1.52. The summed E-state index contributed by atoms with van der Waals surface area (Å²) in [5.74, 6) is -3.35. The second kappa shape index (κ2) is 4.76. The Balaban J connectivity index is 4.32. The van der Waals surface area contributed by atoms with Gasteiger partial charge in [-0.3, -0.25) is 4.58 Å². The molecule has 0 aliphatic heterocycles. The van der Waals surface area contributed by atoms with Gasteiger partial charge >= 0.3 is 11.9 Å². The summed E-state index contributed by atoms with van der Waals surface area (Å²) in [5.41, 5.74) is 0. The number of carboxylic acids is 1. The Morgan fingerprint density at radius 2 is 1.73 bits per heavy atom. The van der Waals surface area contributed by atoms with Crippen LogP contribution in [-0.4, -0.2) is 48.5 Å². The summed E-state index contributed by atoms with van der Waals surface area (Å²) >= 11 is 0. The molecular formula is C2H10O6Si3. The Kier molecular flexibility index (Phi) is 4.74. The highest BCUT2D eigenvalue weighted by Gasteiger charge is 2.41. The first kappa shape index (κ1) is 11.0. The van der Waals surface area contributed by atoms with Crippen molar-refractivity contribution in [3.63, 3.8) is 0 Å². The van der Waals surface area contributed by atoms with Gasteiger partial charge in [-0.2, -0.15) is 4.89 Å². The van der Waals surface area contributed by atoms with Crippen molar-refractivity contribution in [2.75, 3.05) is 0 Å². The standard InChI is InChI=1S/C2H10O6Si3/c3-1(4)2(6-9,7-10)5-8-11/h9-11H3,(H,3,4). The zero-order valence-electron chi connectivity index (χ0n) is 6.49. The van der Waals surface area contributed by atoms with E-state index in [1.54, 1.807) is 0 Å². The molecule has 0 spiro atoms. The maximum Gasteiger partial charge on any atom is 0.396 e. The molecule has 66 valence electrons. The summed E-state index contributed by atoms with van der Waals surface area (Å²) in [6.45, 7) is 0. The average molecular weight is 214 g/mol. The molecule has 0 saturated carbocycles. The van der Waals surface area contributed by atoms with Gasteiger partial charge in [0.1, 0.15) is 0 Å². The molecule has 0 aromatic carbocycles. The quantitative estimate of drug-likeness (QED) is 0.215. The Hall–Kier alpha value is -0.0394. The summed E-state index contributed by atoms with van der Waals surface area (Å²) < 4.78 is 13.5. The van der Waals surface area contributed by atoms with Crippen LogP contribution in [0.5, 0.6) is 0 Å². The smallest absolute Gasteiger partial charge is 0.396 e. The van der Waals surface area contributed by atoms with Crippen LogP contribution < -0.4 is 0 Å². The van der Waals surface area contributed by atoms with E-state index >= 15 is 0 Å². The number of carbonyl (C=O) groups is 1. The molecule has 0 rings (SSSR count). The molecule has 0 aromatic heterocycles. The zero-order valence-corrected chi connectivity index (χ0v) is 12.5. The van der Waals surface area contributed by atoms with E-state index in [9.17, 15) is 4.79 Å². The van der Waals surface area contributed by atoms with E-state index in [1.165, 1.54) is 0 Å². The SMILES string of the molecule is O=C(O)C(O[SiH3])(O[SiH3])OO[SiH3]. The predicted octanol–water partition coefficient (Wildman–Crippen LogP) is -4.45. The number of rotatable bonds is 5. The van der Waals surface area contributed by atoms with E-state index in [0.29, 0.717) is 0 Å². The zero-order chi connectivity index (χ0) is 8.91.